The number of ether oxygens (including phenoxy) is 1. The van der Waals surface area contributed by atoms with E-state index in [0.717, 1.165) is 17.1 Å². The van der Waals surface area contributed by atoms with Crippen LogP contribution in [0.2, 0.25) is 6.82 Å². The summed E-state index contributed by atoms with van der Waals surface area (Å²) < 4.78 is 6.66. The van der Waals surface area contributed by atoms with Gasteiger partial charge in [0.2, 0.25) is 0 Å². The monoisotopic (exact) mass is 242 g/mol. The summed E-state index contributed by atoms with van der Waals surface area (Å²) >= 11 is 0. The Morgan fingerprint density at radius 3 is 2.78 bits per heavy atom. The molecule has 91 valence electrons. The minimum absolute atomic E-state index is 0.0481. The van der Waals surface area contributed by atoms with E-state index in [1.54, 1.807) is 19.2 Å². The highest BCUT2D eigenvalue weighted by Crippen LogP contribution is 2.17. The first-order valence-corrected chi connectivity index (χ1v) is 5.66. The highest BCUT2D eigenvalue weighted by molar-refractivity contribution is 6.55. The highest BCUT2D eigenvalue weighted by atomic mass is 16.5. The SMILES string of the molecule is C[B]c1cc(OC)cc2c1ccc(=O)n2CC=O. The van der Waals surface area contributed by atoms with Crippen LogP contribution in [0.3, 0.4) is 0 Å². The van der Waals surface area contributed by atoms with E-state index in [4.69, 9.17) is 4.74 Å². The molecule has 0 atom stereocenters. The lowest BCUT2D eigenvalue weighted by Crippen LogP contribution is -2.23. The van der Waals surface area contributed by atoms with Crippen LogP contribution in [0.1, 0.15) is 0 Å². The number of hydrogen-bond acceptors (Lipinski definition) is 3. The highest BCUT2D eigenvalue weighted by Gasteiger charge is 2.08. The maximum atomic E-state index is 11.8. The van der Waals surface area contributed by atoms with Gasteiger partial charge in [0.15, 0.2) is 0 Å². The van der Waals surface area contributed by atoms with Crippen molar-refractivity contribution in [2.45, 2.75) is 13.4 Å². The summed E-state index contributed by atoms with van der Waals surface area (Å²) in [5, 5.41) is 0.930. The largest absolute Gasteiger partial charge is 0.497 e. The number of aromatic nitrogens is 1. The summed E-state index contributed by atoms with van der Waals surface area (Å²) in [5.41, 5.74) is 1.50. The van der Waals surface area contributed by atoms with E-state index in [9.17, 15) is 9.59 Å². The third-order valence-corrected chi connectivity index (χ3v) is 2.92. The molecule has 1 radical (unpaired) electrons. The van der Waals surface area contributed by atoms with Crippen molar-refractivity contribution in [3.8, 4) is 5.75 Å². The maximum Gasteiger partial charge on any atom is 0.251 e. The molecule has 0 saturated carbocycles. The molecule has 1 heterocycles. The molecular weight excluding hydrogens is 229 g/mol. The van der Waals surface area contributed by atoms with Gasteiger partial charge in [0.05, 0.1) is 19.2 Å². The smallest absolute Gasteiger partial charge is 0.251 e. The molecule has 1 aromatic carbocycles. The molecule has 0 aliphatic carbocycles. The summed E-state index contributed by atoms with van der Waals surface area (Å²) in [5.74, 6) is 0.667. The fourth-order valence-corrected chi connectivity index (χ4v) is 2.02. The number of pyridine rings is 1. The number of fused-ring (bicyclic) bond motifs is 1. The van der Waals surface area contributed by atoms with Crippen molar-refractivity contribution in [3.05, 3.63) is 34.6 Å². The van der Waals surface area contributed by atoms with Crippen molar-refractivity contribution >= 4 is 29.9 Å². The van der Waals surface area contributed by atoms with Crippen molar-refractivity contribution in [2.75, 3.05) is 7.11 Å². The number of rotatable bonds is 4. The summed E-state index contributed by atoms with van der Waals surface area (Å²) in [6.07, 6.45) is 0.718. The summed E-state index contributed by atoms with van der Waals surface area (Å²) in [4.78, 5) is 22.5. The number of carbonyl (C=O) groups excluding carboxylic acids is 1. The van der Waals surface area contributed by atoms with Crippen molar-refractivity contribution < 1.29 is 9.53 Å². The third-order valence-electron chi connectivity index (χ3n) is 2.92. The molecule has 1 aromatic heterocycles. The van der Waals surface area contributed by atoms with Crippen molar-refractivity contribution in [1.29, 1.82) is 0 Å². The first-order chi connectivity index (χ1) is 8.71. The predicted octanol–water partition coefficient (Wildman–Crippen LogP) is 0.587. The average Bonchev–Trinajstić information content (AvgIpc) is 2.40. The molecule has 0 N–H and O–H groups in total. The molecule has 0 bridgehead atoms. The molecule has 0 aliphatic heterocycles. The maximum absolute atomic E-state index is 11.8. The van der Waals surface area contributed by atoms with Gasteiger partial charge in [0, 0.05) is 12.1 Å². The summed E-state index contributed by atoms with van der Waals surface area (Å²) in [6, 6.07) is 6.92. The third kappa shape index (κ3) is 2.03. The Bertz CT molecular complexity index is 648. The molecule has 0 amide bonds. The minimum Gasteiger partial charge on any atom is -0.497 e. The Morgan fingerprint density at radius 2 is 2.17 bits per heavy atom. The second-order valence-corrected chi connectivity index (χ2v) is 3.89. The van der Waals surface area contributed by atoms with Gasteiger partial charge in [-0.1, -0.05) is 12.3 Å². The molecule has 0 unspecified atom stereocenters. The van der Waals surface area contributed by atoms with Crippen LogP contribution < -0.4 is 15.8 Å². The number of carbonyl (C=O) groups is 1. The molecule has 0 fully saturated rings. The normalized spacial score (nSPS) is 10.3. The number of hydrogen-bond donors (Lipinski definition) is 0. The molecule has 0 spiro atoms. The van der Waals surface area contributed by atoms with E-state index in [2.05, 4.69) is 0 Å². The molecule has 0 saturated heterocycles. The Hall–Kier alpha value is -2.04. The lowest BCUT2D eigenvalue weighted by Gasteiger charge is -2.12. The zero-order valence-corrected chi connectivity index (χ0v) is 10.3. The Kier molecular flexibility index (Phi) is 3.51. The van der Waals surface area contributed by atoms with Crippen molar-refractivity contribution in [1.82, 2.24) is 4.57 Å². The number of aldehydes is 1. The molecule has 2 rings (SSSR count). The van der Waals surface area contributed by atoms with Gasteiger partial charge >= 0.3 is 0 Å². The lowest BCUT2D eigenvalue weighted by molar-refractivity contribution is -0.108. The van der Waals surface area contributed by atoms with Gasteiger partial charge in [-0.05, 0) is 17.5 Å². The second-order valence-electron chi connectivity index (χ2n) is 3.89. The zero-order chi connectivity index (χ0) is 13.1. The zero-order valence-electron chi connectivity index (χ0n) is 10.3. The lowest BCUT2D eigenvalue weighted by atomic mass is 9.71. The van der Waals surface area contributed by atoms with E-state index in [1.165, 1.54) is 10.6 Å². The van der Waals surface area contributed by atoms with Crippen LogP contribution in [0, 0.1) is 0 Å². The van der Waals surface area contributed by atoms with Gasteiger partial charge in [-0.15, -0.1) is 0 Å². The van der Waals surface area contributed by atoms with E-state index >= 15 is 0 Å². The van der Waals surface area contributed by atoms with Gasteiger partial charge < -0.3 is 14.1 Å². The Labute approximate surface area is 105 Å². The topological polar surface area (TPSA) is 48.3 Å². The van der Waals surface area contributed by atoms with Crippen LogP contribution in [-0.4, -0.2) is 25.2 Å². The second kappa shape index (κ2) is 5.08. The van der Waals surface area contributed by atoms with Crippen molar-refractivity contribution in [3.63, 3.8) is 0 Å². The van der Waals surface area contributed by atoms with E-state index in [-0.39, 0.29) is 12.1 Å². The molecule has 5 heteroatoms. The fraction of sp³-hybridized carbons (Fsp3) is 0.231. The van der Waals surface area contributed by atoms with Crippen LogP contribution in [0.5, 0.6) is 5.75 Å². The minimum atomic E-state index is -0.190. The van der Waals surface area contributed by atoms with E-state index < -0.39 is 0 Å². The molecule has 4 nitrogen and oxygen atoms in total. The molecule has 18 heavy (non-hydrogen) atoms. The first-order valence-electron chi connectivity index (χ1n) is 5.66. The van der Waals surface area contributed by atoms with Crippen LogP contribution in [-0.2, 0) is 11.3 Å². The van der Waals surface area contributed by atoms with Gasteiger partial charge in [-0.3, -0.25) is 4.79 Å². The standard InChI is InChI=1S/C13H13BNO3/c1-14-11-7-9(18-2)8-12-10(11)3-4-13(17)15(12)5-6-16/h3-4,6-8H,5H2,1-2H3. The Morgan fingerprint density at radius 1 is 1.39 bits per heavy atom. The molecule has 2 aromatic rings. The number of nitrogens with zero attached hydrogens (tertiary/aromatic N) is 1. The van der Waals surface area contributed by atoms with E-state index in [1.807, 2.05) is 20.2 Å². The molecular formula is C13H13BNO3. The predicted molar refractivity (Wildman–Crippen MR) is 72.1 cm³/mol. The summed E-state index contributed by atoms with van der Waals surface area (Å²) in [6.45, 7) is 1.97. The summed E-state index contributed by atoms with van der Waals surface area (Å²) in [7, 11) is 3.52. The van der Waals surface area contributed by atoms with Crippen LogP contribution in [0.4, 0.5) is 0 Å². The van der Waals surface area contributed by atoms with Gasteiger partial charge in [-0.2, -0.15) is 0 Å². The van der Waals surface area contributed by atoms with Gasteiger partial charge in [0.1, 0.15) is 19.3 Å². The van der Waals surface area contributed by atoms with Crippen molar-refractivity contribution in [2.24, 2.45) is 0 Å². The van der Waals surface area contributed by atoms with Crippen LogP contribution in [0.15, 0.2) is 29.1 Å². The number of methoxy groups -OCH3 is 1. The fourth-order valence-electron chi connectivity index (χ4n) is 2.02. The van der Waals surface area contributed by atoms with E-state index in [0.29, 0.717) is 11.3 Å². The average molecular weight is 242 g/mol. The quantitative estimate of drug-likeness (QED) is 0.582. The Balaban J connectivity index is 2.85. The van der Waals surface area contributed by atoms with Crippen LogP contribution in [0.25, 0.3) is 10.9 Å². The first kappa shape index (κ1) is 12.4. The van der Waals surface area contributed by atoms with Crippen LogP contribution >= 0.6 is 0 Å². The van der Waals surface area contributed by atoms with Gasteiger partial charge in [0.25, 0.3) is 5.56 Å². The van der Waals surface area contributed by atoms with Gasteiger partial charge in [-0.25, -0.2) is 0 Å². The number of benzene rings is 1. The molecule has 0 aliphatic rings.